The van der Waals surface area contributed by atoms with Crippen molar-refractivity contribution in [3.63, 3.8) is 0 Å². The van der Waals surface area contributed by atoms with Gasteiger partial charge in [-0.05, 0) is 131 Å². The molecule has 0 radical (unpaired) electrons. The van der Waals surface area contributed by atoms with E-state index in [9.17, 15) is 16.8 Å². The SMILES string of the molecule is Cc1cc(C)cc(OS(=O)(=O)CCCOc2cc(Br)c(OCCCS(=O)(=O)Oc3cc(C)cc(C)c3)cc2Br)c1. The maximum atomic E-state index is 12.3. The van der Waals surface area contributed by atoms with Crippen LogP contribution < -0.4 is 17.8 Å². The largest absolute Gasteiger partial charge is 0.492 e. The molecule has 8 nitrogen and oxygen atoms in total. The van der Waals surface area contributed by atoms with Crippen molar-refractivity contribution in [2.75, 3.05) is 24.7 Å². The quantitative estimate of drug-likeness (QED) is 0.132. The van der Waals surface area contributed by atoms with E-state index in [0.717, 1.165) is 22.3 Å². The molecular weight excluding hydrogens is 688 g/mol. The Bertz CT molecular complexity index is 1400. The first-order chi connectivity index (χ1) is 18.7. The molecule has 0 aliphatic carbocycles. The van der Waals surface area contributed by atoms with Crippen LogP contribution in [0.25, 0.3) is 0 Å². The lowest BCUT2D eigenvalue weighted by Gasteiger charge is -2.13. The molecule has 12 heteroatoms. The second-order valence-corrected chi connectivity index (χ2v) is 14.5. The van der Waals surface area contributed by atoms with Crippen LogP contribution in [0.4, 0.5) is 0 Å². The zero-order valence-corrected chi connectivity index (χ0v) is 27.5. The number of aryl methyl sites for hydroxylation is 4. The minimum Gasteiger partial charge on any atom is -0.492 e. The van der Waals surface area contributed by atoms with Gasteiger partial charge in [-0.25, -0.2) is 0 Å². The van der Waals surface area contributed by atoms with Crippen molar-refractivity contribution in [2.24, 2.45) is 0 Å². The Kier molecular flexibility index (Phi) is 11.3. The fourth-order valence-electron chi connectivity index (χ4n) is 3.91. The Morgan fingerprint density at radius 3 is 1.20 bits per heavy atom. The topological polar surface area (TPSA) is 105 Å². The van der Waals surface area contributed by atoms with Crippen molar-refractivity contribution in [2.45, 2.75) is 40.5 Å². The molecule has 0 atom stereocenters. The van der Waals surface area contributed by atoms with E-state index in [-0.39, 0.29) is 37.6 Å². The average molecular weight is 720 g/mol. The van der Waals surface area contributed by atoms with Crippen LogP contribution in [0.3, 0.4) is 0 Å². The van der Waals surface area contributed by atoms with Gasteiger partial charge in [-0.15, -0.1) is 0 Å². The summed E-state index contributed by atoms with van der Waals surface area (Å²) in [5, 5.41) is 0. The first-order valence-electron chi connectivity index (χ1n) is 12.5. The summed E-state index contributed by atoms with van der Waals surface area (Å²) >= 11 is 6.87. The summed E-state index contributed by atoms with van der Waals surface area (Å²) in [7, 11) is -7.53. The summed E-state index contributed by atoms with van der Waals surface area (Å²) in [6.07, 6.45) is 0.461. The molecule has 3 rings (SSSR count). The predicted molar refractivity (Wildman–Crippen MR) is 163 cm³/mol. The minimum atomic E-state index is -3.77. The normalized spacial score (nSPS) is 11.8. The summed E-state index contributed by atoms with van der Waals surface area (Å²) in [6.45, 7) is 7.81. The van der Waals surface area contributed by atoms with E-state index in [1.165, 1.54) is 0 Å². The molecule has 3 aromatic rings. The Morgan fingerprint density at radius 2 is 0.875 bits per heavy atom. The van der Waals surface area contributed by atoms with Gasteiger partial charge in [0.1, 0.15) is 23.0 Å². The zero-order valence-electron chi connectivity index (χ0n) is 22.7. The van der Waals surface area contributed by atoms with Gasteiger partial charge in [-0.2, -0.15) is 16.8 Å². The van der Waals surface area contributed by atoms with Gasteiger partial charge in [0.05, 0.1) is 33.7 Å². The highest BCUT2D eigenvalue weighted by molar-refractivity contribution is 9.11. The summed E-state index contributed by atoms with van der Waals surface area (Å²) in [6, 6.07) is 14.0. The highest BCUT2D eigenvalue weighted by Crippen LogP contribution is 2.36. The minimum absolute atomic E-state index is 0.152. The lowest BCUT2D eigenvalue weighted by atomic mass is 10.1. The van der Waals surface area contributed by atoms with E-state index in [1.807, 2.05) is 39.8 Å². The molecule has 0 heterocycles. The molecular formula is C28H32Br2O8S2. The summed E-state index contributed by atoms with van der Waals surface area (Å²) in [4.78, 5) is 0. The van der Waals surface area contributed by atoms with Crippen molar-refractivity contribution < 1.29 is 34.7 Å². The van der Waals surface area contributed by atoms with Gasteiger partial charge >= 0.3 is 20.2 Å². The number of halogens is 2. The molecule has 218 valence electrons. The molecule has 3 aromatic carbocycles. The van der Waals surface area contributed by atoms with Gasteiger partial charge in [-0.1, -0.05) is 12.1 Å². The van der Waals surface area contributed by atoms with Crippen LogP contribution in [0, 0.1) is 27.7 Å². The fraction of sp³-hybridized carbons (Fsp3) is 0.357. The predicted octanol–water partition coefficient (Wildman–Crippen LogP) is 6.80. The molecule has 0 spiro atoms. The second kappa shape index (κ2) is 14.1. The number of ether oxygens (including phenoxy) is 2. The molecule has 0 aliphatic rings. The van der Waals surface area contributed by atoms with Crippen LogP contribution in [0.5, 0.6) is 23.0 Å². The Hall–Kier alpha value is -2.28. The number of benzene rings is 3. The molecule has 40 heavy (non-hydrogen) atoms. The highest BCUT2D eigenvalue weighted by Gasteiger charge is 2.16. The molecule has 0 aliphatic heterocycles. The van der Waals surface area contributed by atoms with Gasteiger partial charge in [-0.3, -0.25) is 0 Å². The lowest BCUT2D eigenvalue weighted by molar-refractivity contribution is 0.304. The van der Waals surface area contributed by atoms with E-state index in [1.54, 1.807) is 36.4 Å². The Balaban J connectivity index is 1.45. The number of hydrogen-bond donors (Lipinski definition) is 0. The van der Waals surface area contributed by atoms with Crippen molar-refractivity contribution in [3.8, 4) is 23.0 Å². The molecule has 0 saturated heterocycles. The summed E-state index contributed by atoms with van der Waals surface area (Å²) in [5.41, 5.74) is 3.68. The van der Waals surface area contributed by atoms with Gasteiger partial charge in [0.15, 0.2) is 0 Å². The van der Waals surface area contributed by atoms with Crippen LogP contribution in [0.1, 0.15) is 35.1 Å². The van der Waals surface area contributed by atoms with Gasteiger partial charge < -0.3 is 17.8 Å². The van der Waals surface area contributed by atoms with E-state index in [4.69, 9.17) is 17.8 Å². The van der Waals surface area contributed by atoms with Crippen LogP contribution in [-0.4, -0.2) is 41.6 Å². The summed E-state index contributed by atoms with van der Waals surface area (Å²) < 4.78 is 72.5. The first kappa shape index (κ1) is 32.2. The van der Waals surface area contributed by atoms with E-state index >= 15 is 0 Å². The van der Waals surface area contributed by atoms with Crippen LogP contribution in [0.15, 0.2) is 57.5 Å². The maximum Gasteiger partial charge on any atom is 0.309 e. The average Bonchev–Trinajstić information content (AvgIpc) is 2.80. The first-order valence-corrected chi connectivity index (χ1v) is 17.2. The van der Waals surface area contributed by atoms with Crippen molar-refractivity contribution >= 4 is 52.1 Å². The molecule has 0 saturated carbocycles. The standard InChI is InChI=1S/C28H32Br2O8S2/c1-19-11-20(2)14-23(13-19)37-39(31,32)9-5-7-35-27-17-26(30)28(18-25(27)29)36-8-6-10-40(33,34)38-24-15-21(3)12-22(4)16-24/h11-18H,5-10H2,1-4H3. The van der Waals surface area contributed by atoms with Crippen LogP contribution in [-0.2, 0) is 20.2 Å². The smallest absolute Gasteiger partial charge is 0.309 e. The molecule has 0 N–H and O–H groups in total. The Labute approximate surface area is 253 Å². The van der Waals surface area contributed by atoms with Gasteiger partial charge in [0.2, 0.25) is 0 Å². The van der Waals surface area contributed by atoms with E-state index in [2.05, 4.69) is 31.9 Å². The third kappa shape index (κ3) is 10.6. The monoisotopic (exact) mass is 718 g/mol. The molecule has 0 aromatic heterocycles. The maximum absolute atomic E-state index is 12.3. The van der Waals surface area contributed by atoms with Gasteiger partial charge in [0, 0.05) is 0 Å². The van der Waals surface area contributed by atoms with Crippen LogP contribution in [0.2, 0.25) is 0 Å². The second-order valence-electron chi connectivity index (χ2n) is 9.45. The zero-order chi connectivity index (χ0) is 29.5. The highest BCUT2D eigenvalue weighted by atomic mass is 79.9. The molecule has 0 amide bonds. The third-order valence-electron chi connectivity index (χ3n) is 5.42. The Morgan fingerprint density at radius 1 is 0.550 bits per heavy atom. The van der Waals surface area contributed by atoms with E-state index < -0.39 is 20.2 Å². The lowest BCUT2D eigenvalue weighted by Crippen LogP contribution is -2.16. The molecule has 0 fully saturated rings. The third-order valence-corrected chi connectivity index (χ3v) is 9.13. The van der Waals surface area contributed by atoms with Crippen LogP contribution >= 0.6 is 31.9 Å². The molecule has 0 unspecified atom stereocenters. The summed E-state index contributed by atoms with van der Waals surface area (Å²) in [5.74, 6) is 1.19. The fourth-order valence-corrected chi connectivity index (χ4v) is 6.67. The van der Waals surface area contributed by atoms with E-state index in [0.29, 0.717) is 31.9 Å². The van der Waals surface area contributed by atoms with Crippen molar-refractivity contribution in [3.05, 3.63) is 79.7 Å². The number of rotatable bonds is 14. The van der Waals surface area contributed by atoms with Gasteiger partial charge in [0.25, 0.3) is 0 Å². The van der Waals surface area contributed by atoms with Crippen molar-refractivity contribution in [1.82, 2.24) is 0 Å². The molecule has 0 bridgehead atoms. The van der Waals surface area contributed by atoms with Crippen molar-refractivity contribution in [1.29, 1.82) is 0 Å². The number of hydrogen-bond acceptors (Lipinski definition) is 8.